The first-order chi connectivity index (χ1) is 18.2. The third-order valence-electron chi connectivity index (χ3n) is 5.96. The van der Waals surface area contributed by atoms with Gasteiger partial charge in [-0.05, 0) is 29.9 Å². The predicted octanol–water partition coefficient (Wildman–Crippen LogP) is 1.05. The van der Waals surface area contributed by atoms with Crippen LogP contribution in [-0.2, 0) is 25.7 Å². The molecule has 210 valence electrons. The molecule has 3 atom stereocenters. The van der Waals surface area contributed by atoms with Crippen LogP contribution in [0, 0.1) is 11.3 Å². The molecular weight excluding hydrogens is 502 g/mol. The Balaban J connectivity index is 2.04. The highest BCUT2D eigenvalue weighted by atomic mass is 16.2. The fourth-order valence-electron chi connectivity index (χ4n) is 3.66. The van der Waals surface area contributed by atoms with E-state index in [0.29, 0.717) is 0 Å². The molecule has 0 bridgehead atoms. The van der Waals surface area contributed by atoms with Gasteiger partial charge in [-0.15, -0.1) is 0 Å². The highest BCUT2D eigenvalue weighted by molar-refractivity contribution is 6.38. The number of nitrogens with one attached hydrogen (secondary N) is 5. The molecule has 1 aromatic carbocycles. The van der Waals surface area contributed by atoms with Crippen LogP contribution in [0.5, 0.6) is 0 Å². The van der Waals surface area contributed by atoms with E-state index < -0.39 is 64.4 Å². The maximum Gasteiger partial charge on any atom is 0.289 e. The number of aromatic nitrogens is 1. The van der Waals surface area contributed by atoms with Gasteiger partial charge in [-0.1, -0.05) is 65.0 Å². The van der Waals surface area contributed by atoms with Crippen LogP contribution in [0.4, 0.5) is 0 Å². The largest absolute Gasteiger partial charge is 0.345 e. The van der Waals surface area contributed by atoms with Crippen LogP contribution in [0.15, 0.2) is 53.5 Å². The summed E-state index contributed by atoms with van der Waals surface area (Å²) in [5.41, 5.74) is -0.312. The Kier molecular flexibility index (Phi) is 10.7. The van der Waals surface area contributed by atoms with Gasteiger partial charge in [0.1, 0.15) is 12.1 Å². The molecule has 39 heavy (non-hydrogen) atoms. The molecular formula is C28H37N5O6. The van der Waals surface area contributed by atoms with Crippen molar-refractivity contribution in [3.05, 3.63) is 70.1 Å². The highest BCUT2D eigenvalue weighted by Gasteiger charge is 2.36. The van der Waals surface area contributed by atoms with Crippen LogP contribution in [0.2, 0.25) is 0 Å². The van der Waals surface area contributed by atoms with Crippen molar-refractivity contribution in [3.8, 4) is 0 Å². The van der Waals surface area contributed by atoms with E-state index in [1.54, 1.807) is 34.6 Å². The Bertz CT molecular complexity index is 1250. The molecule has 0 aliphatic rings. The highest BCUT2D eigenvalue weighted by Crippen LogP contribution is 2.20. The first-order valence-electron chi connectivity index (χ1n) is 12.7. The molecule has 5 N–H and O–H groups in total. The second kappa shape index (κ2) is 13.5. The molecule has 0 aliphatic heterocycles. The van der Waals surface area contributed by atoms with E-state index in [1.165, 1.54) is 19.2 Å². The quantitative estimate of drug-likeness (QED) is 0.268. The second-order valence-corrected chi connectivity index (χ2v) is 10.7. The minimum absolute atomic E-state index is 0.0791. The summed E-state index contributed by atoms with van der Waals surface area (Å²) in [5, 5.41) is 10.3. The molecule has 2 aromatic rings. The van der Waals surface area contributed by atoms with Crippen molar-refractivity contribution < 1.29 is 24.0 Å². The molecule has 2 rings (SSSR count). The first-order valence-corrected chi connectivity index (χ1v) is 12.7. The summed E-state index contributed by atoms with van der Waals surface area (Å²) in [6.07, 6.45) is 1.32. The Morgan fingerprint density at radius 3 is 2.08 bits per heavy atom. The number of pyridine rings is 1. The number of Topliss-reactive ketones (excluding diaryl/α,β-unsaturated/α-hetero) is 1. The summed E-state index contributed by atoms with van der Waals surface area (Å²) in [6.45, 7) is 10.2. The van der Waals surface area contributed by atoms with Gasteiger partial charge < -0.3 is 26.3 Å². The van der Waals surface area contributed by atoms with Gasteiger partial charge in [0.25, 0.3) is 11.8 Å². The Morgan fingerprint density at radius 1 is 0.872 bits per heavy atom. The van der Waals surface area contributed by atoms with E-state index in [4.69, 9.17) is 0 Å². The Morgan fingerprint density at radius 2 is 1.51 bits per heavy atom. The number of amides is 4. The third kappa shape index (κ3) is 9.20. The van der Waals surface area contributed by atoms with E-state index in [-0.39, 0.29) is 12.1 Å². The minimum atomic E-state index is -1.11. The van der Waals surface area contributed by atoms with Crippen LogP contribution in [0.3, 0.4) is 0 Å². The summed E-state index contributed by atoms with van der Waals surface area (Å²) in [5.74, 6) is -3.95. The van der Waals surface area contributed by atoms with Gasteiger partial charge in [-0.2, -0.15) is 0 Å². The first kappa shape index (κ1) is 30.9. The van der Waals surface area contributed by atoms with E-state index >= 15 is 0 Å². The molecule has 11 heteroatoms. The number of ketones is 1. The molecule has 0 fully saturated rings. The van der Waals surface area contributed by atoms with Crippen molar-refractivity contribution in [2.75, 3.05) is 0 Å². The van der Waals surface area contributed by atoms with Crippen molar-refractivity contribution in [1.82, 2.24) is 26.3 Å². The van der Waals surface area contributed by atoms with Gasteiger partial charge >= 0.3 is 0 Å². The normalized spacial score (nSPS) is 13.5. The van der Waals surface area contributed by atoms with Crippen LogP contribution in [0.25, 0.3) is 0 Å². The molecule has 0 saturated heterocycles. The monoisotopic (exact) mass is 539 g/mol. The molecule has 1 heterocycles. The standard InChI is InChI=1S/C28H37N5O6/c1-16(2)21(22(35)26(38)30-15-18-10-8-7-9-11-18)32-24(36)17(3)31-27(39)23(28(4,5)6)33-25(37)19-12-13-29-20(34)14-19/h7-14,16-17,21,23H,15H2,1-6H3,(H,29,34)(H,30,38)(H,31,39)(H,32,36)(H,33,37)/t17-,21-,23+/m0/s1. The summed E-state index contributed by atoms with van der Waals surface area (Å²) in [6, 6.07) is 8.36. The summed E-state index contributed by atoms with van der Waals surface area (Å²) < 4.78 is 0. The number of aromatic amines is 1. The van der Waals surface area contributed by atoms with Crippen LogP contribution in [0.1, 0.15) is 57.5 Å². The van der Waals surface area contributed by atoms with Crippen LogP contribution in [-0.4, -0.2) is 52.5 Å². The second-order valence-electron chi connectivity index (χ2n) is 10.7. The number of carbonyl (C=O) groups is 5. The van der Waals surface area contributed by atoms with Crippen molar-refractivity contribution in [3.63, 3.8) is 0 Å². The van der Waals surface area contributed by atoms with Crippen LogP contribution < -0.4 is 26.8 Å². The number of H-pyrrole nitrogens is 1. The molecule has 1 aromatic heterocycles. The average molecular weight is 540 g/mol. The predicted molar refractivity (Wildman–Crippen MR) is 145 cm³/mol. The van der Waals surface area contributed by atoms with Gasteiger partial charge in [0.05, 0.1) is 6.04 Å². The fourth-order valence-corrected chi connectivity index (χ4v) is 3.66. The number of benzene rings is 1. The summed E-state index contributed by atoms with van der Waals surface area (Å²) >= 11 is 0. The molecule has 0 spiro atoms. The van der Waals surface area contributed by atoms with Crippen molar-refractivity contribution in [2.45, 2.75) is 66.2 Å². The molecule has 4 amide bonds. The fraction of sp³-hybridized carbons (Fsp3) is 0.429. The summed E-state index contributed by atoms with van der Waals surface area (Å²) in [7, 11) is 0. The molecule has 0 saturated carbocycles. The van der Waals surface area contributed by atoms with E-state index in [1.807, 2.05) is 30.3 Å². The van der Waals surface area contributed by atoms with Gasteiger partial charge in [-0.3, -0.25) is 28.8 Å². The zero-order chi connectivity index (χ0) is 29.3. The topological polar surface area (TPSA) is 166 Å². The SMILES string of the molecule is CC(C)[C@H](NC(=O)[C@H](C)NC(=O)[C@@H](NC(=O)c1cc[nH]c(=O)c1)C(C)(C)C)C(=O)C(=O)NCc1ccccc1. The molecule has 11 nitrogen and oxygen atoms in total. The van der Waals surface area contributed by atoms with Gasteiger partial charge in [0.2, 0.25) is 23.2 Å². The van der Waals surface area contributed by atoms with Gasteiger partial charge in [-0.25, -0.2) is 0 Å². The van der Waals surface area contributed by atoms with E-state index in [0.717, 1.165) is 11.6 Å². The maximum atomic E-state index is 13.1. The lowest BCUT2D eigenvalue weighted by molar-refractivity contribution is -0.141. The van der Waals surface area contributed by atoms with Gasteiger partial charge in [0, 0.05) is 24.4 Å². The zero-order valence-electron chi connectivity index (χ0n) is 23.1. The van der Waals surface area contributed by atoms with Gasteiger partial charge in [0.15, 0.2) is 0 Å². The molecule has 0 radical (unpaired) electrons. The zero-order valence-corrected chi connectivity index (χ0v) is 23.1. The molecule has 0 unspecified atom stereocenters. The number of hydrogen-bond donors (Lipinski definition) is 5. The number of hydrogen-bond acceptors (Lipinski definition) is 6. The van der Waals surface area contributed by atoms with Crippen molar-refractivity contribution in [2.24, 2.45) is 11.3 Å². The van der Waals surface area contributed by atoms with Crippen molar-refractivity contribution >= 4 is 29.4 Å². The lowest BCUT2D eigenvalue weighted by atomic mass is 9.85. The Hall–Kier alpha value is -4.28. The van der Waals surface area contributed by atoms with E-state index in [2.05, 4.69) is 26.3 Å². The van der Waals surface area contributed by atoms with Crippen LogP contribution >= 0.6 is 0 Å². The molecule has 0 aliphatic carbocycles. The smallest absolute Gasteiger partial charge is 0.289 e. The lowest BCUT2D eigenvalue weighted by Gasteiger charge is -2.31. The number of rotatable bonds is 11. The van der Waals surface area contributed by atoms with E-state index in [9.17, 15) is 28.8 Å². The van der Waals surface area contributed by atoms with Crippen molar-refractivity contribution in [1.29, 1.82) is 0 Å². The maximum absolute atomic E-state index is 13.1. The number of carbonyl (C=O) groups excluding carboxylic acids is 5. The lowest BCUT2D eigenvalue weighted by Crippen LogP contribution is -2.59. The summed E-state index contributed by atoms with van der Waals surface area (Å²) in [4.78, 5) is 78.0. The Labute approximate surface area is 227 Å². The average Bonchev–Trinajstić information content (AvgIpc) is 2.87. The third-order valence-corrected chi connectivity index (χ3v) is 5.96. The minimum Gasteiger partial charge on any atom is -0.345 e.